The molecule has 0 spiro atoms. The molecule has 0 atom stereocenters. The van der Waals surface area contributed by atoms with Crippen molar-refractivity contribution in [3.63, 3.8) is 0 Å². The first-order valence-electron chi connectivity index (χ1n) is 8.24. The summed E-state index contributed by atoms with van der Waals surface area (Å²) >= 11 is 0. The molecule has 26 heavy (non-hydrogen) atoms. The maximum absolute atomic E-state index is 12.1. The van der Waals surface area contributed by atoms with Crippen molar-refractivity contribution in [3.05, 3.63) is 48.3 Å². The minimum Gasteiger partial charge on any atom is -0.484 e. The fourth-order valence-corrected chi connectivity index (χ4v) is 2.09. The minimum atomic E-state index is -4.34. The first kappa shape index (κ1) is 19.6. The smallest absolute Gasteiger partial charge is 0.422 e. The molecule has 0 unspecified atom stereocenters. The highest BCUT2D eigenvalue weighted by molar-refractivity contribution is 5.79. The van der Waals surface area contributed by atoms with Crippen LogP contribution < -0.4 is 15.4 Å². The van der Waals surface area contributed by atoms with E-state index in [1.807, 2.05) is 23.9 Å². The molecule has 0 aliphatic heterocycles. The highest BCUT2D eigenvalue weighted by atomic mass is 19.4. The Kier molecular flexibility index (Phi) is 7.31. The van der Waals surface area contributed by atoms with E-state index in [4.69, 9.17) is 0 Å². The van der Waals surface area contributed by atoms with Crippen LogP contribution in [0.2, 0.25) is 0 Å². The summed E-state index contributed by atoms with van der Waals surface area (Å²) in [4.78, 5) is 4.46. The summed E-state index contributed by atoms with van der Waals surface area (Å²) in [6.07, 6.45) is -0.735. The molecule has 142 valence electrons. The Labute approximate surface area is 150 Å². The summed E-state index contributed by atoms with van der Waals surface area (Å²) in [5.41, 5.74) is 0.869. The monoisotopic (exact) mass is 369 g/mol. The van der Waals surface area contributed by atoms with Crippen LogP contribution in [0.1, 0.15) is 12.5 Å². The zero-order chi connectivity index (χ0) is 18.8. The summed E-state index contributed by atoms with van der Waals surface area (Å²) in [5.74, 6) is 0.844. The number of ether oxygens (including phenoxy) is 1. The maximum Gasteiger partial charge on any atom is 0.422 e. The van der Waals surface area contributed by atoms with Crippen molar-refractivity contribution >= 4 is 5.96 Å². The van der Waals surface area contributed by atoms with Gasteiger partial charge in [-0.3, -0.25) is 4.68 Å². The first-order valence-corrected chi connectivity index (χ1v) is 8.24. The third-order valence-electron chi connectivity index (χ3n) is 3.28. The van der Waals surface area contributed by atoms with Gasteiger partial charge in [0.2, 0.25) is 0 Å². The van der Waals surface area contributed by atoms with Gasteiger partial charge in [0, 0.05) is 25.5 Å². The minimum absolute atomic E-state index is 0.180. The lowest BCUT2D eigenvalue weighted by molar-refractivity contribution is -0.153. The zero-order valence-electron chi connectivity index (χ0n) is 14.5. The zero-order valence-corrected chi connectivity index (χ0v) is 14.5. The normalized spacial score (nSPS) is 12.1. The molecule has 9 heteroatoms. The van der Waals surface area contributed by atoms with Gasteiger partial charge in [0.1, 0.15) is 5.75 Å². The van der Waals surface area contributed by atoms with Gasteiger partial charge >= 0.3 is 6.18 Å². The number of aliphatic imine (C=N–C) groups is 1. The van der Waals surface area contributed by atoms with Crippen molar-refractivity contribution in [2.24, 2.45) is 4.99 Å². The molecule has 0 bridgehead atoms. The average molecular weight is 369 g/mol. The van der Waals surface area contributed by atoms with Crippen LogP contribution >= 0.6 is 0 Å². The van der Waals surface area contributed by atoms with Crippen LogP contribution in [0.4, 0.5) is 13.2 Å². The number of benzene rings is 1. The second-order valence-electron chi connectivity index (χ2n) is 5.44. The van der Waals surface area contributed by atoms with Gasteiger partial charge in [-0.15, -0.1) is 0 Å². The van der Waals surface area contributed by atoms with E-state index in [-0.39, 0.29) is 5.75 Å². The molecule has 2 rings (SSSR count). The van der Waals surface area contributed by atoms with Crippen molar-refractivity contribution in [3.8, 4) is 5.75 Å². The number of aromatic nitrogens is 2. The Balaban J connectivity index is 1.83. The Hall–Kier alpha value is -2.71. The molecule has 0 saturated carbocycles. The standard InChI is InChI=1S/C17H22F3N5O/c1-2-21-16(22-9-11-25-10-3-8-24-25)23-12-14-4-6-15(7-5-14)26-13-17(18,19)20/h3-8,10H,2,9,11-13H2,1H3,(H2,21,22,23). The molecule has 1 aromatic carbocycles. The second kappa shape index (κ2) is 9.69. The average Bonchev–Trinajstić information content (AvgIpc) is 3.11. The number of hydrogen-bond donors (Lipinski definition) is 2. The number of hydrogen-bond acceptors (Lipinski definition) is 3. The molecule has 2 aromatic rings. The fraction of sp³-hybridized carbons (Fsp3) is 0.412. The Morgan fingerprint density at radius 2 is 2.00 bits per heavy atom. The Morgan fingerprint density at radius 1 is 1.23 bits per heavy atom. The van der Waals surface area contributed by atoms with Gasteiger partial charge < -0.3 is 15.4 Å². The van der Waals surface area contributed by atoms with Crippen LogP contribution in [-0.2, 0) is 13.1 Å². The molecule has 0 aliphatic rings. The van der Waals surface area contributed by atoms with Crippen LogP contribution in [0, 0.1) is 0 Å². The molecule has 0 radical (unpaired) electrons. The van der Waals surface area contributed by atoms with E-state index < -0.39 is 12.8 Å². The number of nitrogens with zero attached hydrogens (tertiary/aromatic N) is 3. The van der Waals surface area contributed by atoms with Crippen molar-refractivity contribution in [2.75, 3.05) is 19.7 Å². The van der Waals surface area contributed by atoms with E-state index in [1.165, 1.54) is 12.1 Å². The van der Waals surface area contributed by atoms with Crippen LogP contribution in [0.3, 0.4) is 0 Å². The molecular weight excluding hydrogens is 347 g/mol. The van der Waals surface area contributed by atoms with E-state index in [2.05, 4.69) is 25.5 Å². The quantitative estimate of drug-likeness (QED) is 0.555. The largest absolute Gasteiger partial charge is 0.484 e. The van der Waals surface area contributed by atoms with Gasteiger partial charge in [-0.2, -0.15) is 18.3 Å². The summed E-state index contributed by atoms with van der Waals surface area (Å²) < 4.78 is 42.9. The van der Waals surface area contributed by atoms with Crippen LogP contribution in [0.5, 0.6) is 5.75 Å². The third kappa shape index (κ3) is 7.45. The number of rotatable bonds is 8. The SMILES string of the molecule is CCNC(=NCc1ccc(OCC(F)(F)F)cc1)NCCn1cccn1. The lowest BCUT2D eigenvalue weighted by Crippen LogP contribution is -2.38. The third-order valence-corrected chi connectivity index (χ3v) is 3.28. The fourth-order valence-electron chi connectivity index (χ4n) is 2.09. The van der Waals surface area contributed by atoms with E-state index in [9.17, 15) is 13.2 Å². The lowest BCUT2D eigenvalue weighted by atomic mass is 10.2. The first-order chi connectivity index (χ1) is 12.5. The van der Waals surface area contributed by atoms with Gasteiger partial charge in [0.25, 0.3) is 0 Å². The summed E-state index contributed by atoms with van der Waals surface area (Å²) in [5, 5.41) is 10.5. The molecule has 6 nitrogen and oxygen atoms in total. The number of guanidine groups is 1. The lowest BCUT2D eigenvalue weighted by Gasteiger charge is -2.12. The van der Waals surface area contributed by atoms with Crippen molar-refractivity contribution in [1.82, 2.24) is 20.4 Å². The molecule has 0 saturated heterocycles. The van der Waals surface area contributed by atoms with E-state index in [0.29, 0.717) is 25.6 Å². The summed E-state index contributed by atoms with van der Waals surface area (Å²) in [6.45, 7) is 3.17. The highest BCUT2D eigenvalue weighted by Gasteiger charge is 2.28. The molecule has 1 aromatic heterocycles. The Bertz CT molecular complexity index is 669. The number of alkyl halides is 3. The molecule has 0 aliphatic carbocycles. The van der Waals surface area contributed by atoms with Crippen LogP contribution in [0.15, 0.2) is 47.7 Å². The van der Waals surface area contributed by atoms with E-state index in [1.54, 1.807) is 18.3 Å². The Morgan fingerprint density at radius 3 is 2.62 bits per heavy atom. The number of nitrogens with one attached hydrogen (secondary N) is 2. The van der Waals surface area contributed by atoms with Gasteiger partial charge in [-0.1, -0.05) is 12.1 Å². The maximum atomic E-state index is 12.1. The molecule has 0 fully saturated rings. The molecular formula is C17H22F3N5O. The topological polar surface area (TPSA) is 63.5 Å². The highest BCUT2D eigenvalue weighted by Crippen LogP contribution is 2.19. The van der Waals surface area contributed by atoms with Crippen LogP contribution in [-0.4, -0.2) is 41.6 Å². The van der Waals surface area contributed by atoms with Crippen molar-refractivity contribution in [2.45, 2.75) is 26.2 Å². The predicted molar refractivity (Wildman–Crippen MR) is 93.0 cm³/mol. The van der Waals surface area contributed by atoms with Gasteiger partial charge in [0.15, 0.2) is 12.6 Å². The van der Waals surface area contributed by atoms with Crippen molar-refractivity contribution in [1.29, 1.82) is 0 Å². The van der Waals surface area contributed by atoms with Gasteiger partial charge in [-0.25, -0.2) is 4.99 Å². The van der Waals surface area contributed by atoms with E-state index in [0.717, 1.165) is 12.1 Å². The summed E-state index contributed by atoms with van der Waals surface area (Å²) in [7, 11) is 0. The molecule has 0 amide bonds. The summed E-state index contributed by atoms with van der Waals surface area (Å²) in [6, 6.07) is 8.27. The second-order valence-corrected chi connectivity index (χ2v) is 5.44. The van der Waals surface area contributed by atoms with Gasteiger partial charge in [0.05, 0.1) is 13.1 Å². The predicted octanol–water partition coefficient (Wildman–Crippen LogP) is 2.58. The molecule has 2 N–H and O–H groups in total. The van der Waals surface area contributed by atoms with Gasteiger partial charge in [-0.05, 0) is 30.7 Å². The number of halogens is 3. The van der Waals surface area contributed by atoms with E-state index >= 15 is 0 Å². The molecule has 1 heterocycles. The van der Waals surface area contributed by atoms with Crippen molar-refractivity contribution < 1.29 is 17.9 Å². The van der Waals surface area contributed by atoms with Crippen LogP contribution in [0.25, 0.3) is 0 Å².